The molecule has 2 N–H and O–H groups in total. The number of nitrogens with one attached hydrogen (secondary N) is 2. The van der Waals surface area contributed by atoms with Crippen molar-refractivity contribution in [2.45, 2.75) is 39.7 Å². The predicted molar refractivity (Wildman–Crippen MR) is 78.5 cm³/mol. The topological polar surface area (TPSA) is 59.1 Å². The lowest BCUT2D eigenvalue weighted by Gasteiger charge is -2.13. The number of aromatic nitrogens is 2. The second-order valence-corrected chi connectivity index (χ2v) is 4.84. The molecule has 0 aliphatic carbocycles. The Labute approximate surface area is 116 Å². The van der Waals surface area contributed by atoms with E-state index in [1.165, 1.54) is 0 Å². The highest BCUT2D eigenvalue weighted by molar-refractivity contribution is 5.46. The average molecular weight is 266 g/mol. The van der Waals surface area contributed by atoms with Gasteiger partial charge in [0, 0.05) is 26.1 Å². The van der Waals surface area contributed by atoms with Crippen molar-refractivity contribution in [3.8, 4) is 0 Å². The van der Waals surface area contributed by atoms with Crippen LogP contribution in [-0.2, 0) is 11.3 Å². The molecular formula is C14H26N4O. The van der Waals surface area contributed by atoms with E-state index in [0.717, 1.165) is 43.3 Å². The van der Waals surface area contributed by atoms with E-state index in [2.05, 4.69) is 41.4 Å². The monoisotopic (exact) mass is 266 g/mol. The quantitative estimate of drug-likeness (QED) is 0.671. The maximum absolute atomic E-state index is 5.04. The fraction of sp³-hybridized carbons (Fsp3) is 0.714. The molecule has 1 aromatic heterocycles. The Bertz CT molecular complexity index is 368. The molecule has 0 spiro atoms. The van der Waals surface area contributed by atoms with Gasteiger partial charge in [-0.15, -0.1) is 0 Å². The Morgan fingerprint density at radius 2 is 2.11 bits per heavy atom. The lowest BCUT2D eigenvalue weighted by atomic mass is 10.2. The van der Waals surface area contributed by atoms with Gasteiger partial charge in [0.2, 0.25) is 0 Å². The minimum Gasteiger partial charge on any atom is -0.383 e. The summed E-state index contributed by atoms with van der Waals surface area (Å²) in [4.78, 5) is 9.05. The van der Waals surface area contributed by atoms with Crippen molar-refractivity contribution in [2.24, 2.45) is 0 Å². The molecule has 1 heterocycles. The smallest absolute Gasteiger partial charge is 0.131 e. The Morgan fingerprint density at radius 3 is 2.74 bits per heavy atom. The number of ether oxygens (including phenoxy) is 1. The van der Waals surface area contributed by atoms with Crippen LogP contribution in [0.25, 0.3) is 0 Å². The molecule has 0 bridgehead atoms. The average Bonchev–Trinajstić information content (AvgIpc) is 2.40. The van der Waals surface area contributed by atoms with Crippen LogP contribution < -0.4 is 10.6 Å². The molecule has 0 aromatic carbocycles. The zero-order valence-electron chi connectivity index (χ0n) is 12.5. The Balaban J connectivity index is 2.75. The first-order chi connectivity index (χ1) is 9.19. The molecule has 0 saturated carbocycles. The maximum atomic E-state index is 5.04. The molecule has 5 nitrogen and oxygen atoms in total. The van der Waals surface area contributed by atoms with Gasteiger partial charge in [0.05, 0.1) is 24.2 Å². The number of methoxy groups -OCH3 is 1. The predicted octanol–water partition coefficient (Wildman–Crippen LogP) is 2.16. The fourth-order valence-corrected chi connectivity index (χ4v) is 1.66. The van der Waals surface area contributed by atoms with Gasteiger partial charge in [-0.05, 0) is 13.0 Å². The molecule has 5 heteroatoms. The molecule has 0 saturated heterocycles. The molecule has 0 atom stereocenters. The highest BCUT2D eigenvalue weighted by atomic mass is 16.5. The number of hydrogen-bond acceptors (Lipinski definition) is 5. The van der Waals surface area contributed by atoms with Crippen LogP contribution in [0.2, 0.25) is 0 Å². The fourth-order valence-electron chi connectivity index (χ4n) is 1.66. The molecular weight excluding hydrogens is 240 g/mol. The highest BCUT2D eigenvalue weighted by Crippen LogP contribution is 2.16. The molecule has 108 valence electrons. The van der Waals surface area contributed by atoms with E-state index in [4.69, 9.17) is 4.74 Å². The standard InChI is InChI=1S/C14H26N4O/c1-5-6-15-9-13-12(16-7-8-19-4)10-17-14(18-13)11(2)3/h10-11,15-16H,5-9H2,1-4H3. The van der Waals surface area contributed by atoms with Gasteiger partial charge in [0.25, 0.3) is 0 Å². The van der Waals surface area contributed by atoms with E-state index in [-0.39, 0.29) is 0 Å². The van der Waals surface area contributed by atoms with Crippen molar-refractivity contribution in [1.29, 1.82) is 0 Å². The van der Waals surface area contributed by atoms with E-state index in [9.17, 15) is 0 Å². The van der Waals surface area contributed by atoms with Gasteiger partial charge in [-0.3, -0.25) is 0 Å². The molecule has 1 rings (SSSR count). The second kappa shape index (κ2) is 8.82. The third-order valence-electron chi connectivity index (χ3n) is 2.74. The van der Waals surface area contributed by atoms with Gasteiger partial charge in [-0.25, -0.2) is 9.97 Å². The number of anilines is 1. The van der Waals surface area contributed by atoms with E-state index in [0.29, 0.717) is 12.5 Å². The molecule has 0 fully saturated rings. The molecule has 0 aliphatic rings. The van der Waals surface area contributed by atoms with Crippen LogP contribution in [0.1, 0.15) is 44.6 Å². The van der Waals surface area contributed by atoms with Gasteiger partial charge < -0.3 is 15.4 Å². The zero-order valence-corrected chi connectivity index (χ0v) is 12.5. The largest absolute Gasteiger partial charge is 0.383 e. The van der Waals surface area contributed by atoms with Crippen LogP contribution in [-0.4, -0.2) is 36.8 Å². The van der Waals surface area contributed by atoms with Crippen LogP contribution >= 0.6 is 0 Å². The van der Waals surface area contributed by atoms with Crippen molar-refractivity contribution in [1.82, 2.24) is 15.3 Å². The molecule has 0 radical (unpaired) electrons. The minimum absolute atomic E-state index is 0.345. The van der Waals surface area contributed by atoms with E-state index < -0.39 is 0 Å². The second-order valence-electron chi connectivity index (χ2n) is 4.84. The lowest BCUT2D eigenvalue weighted by Crippen LogP contribution is -2.19. The summed E-state index contributed by atoms with van der Waals surface area (Å²) in [6.07, 6.45) is 3.00. The van der Waals surface area contributed by atoms with Crippen LogP contribution in [0.3, 0.4) is 0 Å². The Hall–Kier alpha value is -1.20. The summed E-state index contributed by atoms with van der Waals surface area (Å²) in [6, 6.07) is 0. The summed E-state index contributed by atoms with van der Waals surface area (Å²) in [5, 5.41) is 6.70. The summed E-state index contributed by atoms with van der Waals surface area (Å²) >= 11 is 0. The molecule has 0 aliphatic heterocycles. The van der Waals surface area contributed by atoms with Gasteiger partial charge in [0.1, 0.15) is 5.82 Å². The third kappa shape index (κ3) is 5.53. The lowest BCUT2D eigenvalue weighted by molar-refractivity contribution is 0.210. The normalized spacial score (nSPS) is 11.0. The van der Waals surface area contributed by atoms with Crippen molar-refractivity contribution in [3.05, 3.63) is 17.7 Å². The van der Waals surface area contributed by atoms with E-state index in [1.54, 1.807) is 7.11 Å². The minimum atomic E-state index is 0.345. The number of nitrogens with zero attached hydrogens (tertiary/aromatic N) is 2. The third-order valence-corrected chi connectivity index (χ3v) is 2.74. The van der Waals surface area contributed by atoms with Crippen molar-refractivity contribution in [2.75, 3.05) is 32.1 Å². The van der Waals surface area contributed by atoms with Crippen molar-refractivity contribution in [3.63, 3.8) is 0 Å². The van der Waals surface area contributed by atoms with E-state index in [1.807, 2.05) is 6.20 Å². The summed E-state index contributed by atoms with van der Waals surface area (Å²) < 4.78 is 5.04. The van der Waals surface area contributed by atoms with Crippen molar-refractivity contribution < 1.29 is 4.74 Å². The first kappa shape index (κ1) is 15.9. The molecule has 1 aromatic rings. The Morgan fingerprint density at radius 1 is 1.32 bits per heavy atom. The summed E-state index contributed by atoms with van der Waals surface area (Å²) in [7, 11) is 1.70. The Kier molecular flexibility index (Phi) is 7.36. The van der Waals surface area contributed by atoms with Crippen LogP contribution in [0, 0.1) is 0 Å². The van der Waals surface area contributed by atoms with Crippen LogP contribution in [0.4, 0.5) is 5.69 Å². The summed E-state index contributed by atoms with van der Waals surface area (Å²) in [5.41, 5.74) is 2.02. The van der Waals surface area contributed by atoms with Gasteiger partial charge in [0.15, 0.2) is 0 Å². The molecule has 0 unspecified atom stereocenters. The summed E-state index contributed by atoms with van der Waals surface area (Å²) in [6.45, 7) is 9.58. The van der Waals surface area contributed by atoms with Gasteiger partial charge >= 0.3 is 0 Å². The van der Waals surface area contributed by atoms with E-state index >= 15 is 0 Å². The van der Waals surface area contributed by atoms with Crippen molar-refractivity contribution >= 4 is 5.69 Å². The first-order valence-corrected chi connectivity index (χ1v) is 6.98. The highest BCUT2D eigenvalue weighted by Gasteiger charge is 2.09. The maximum Gasteiger partial charge on any atom is 0.131 e. The van der Waals surface area contributed by atoms with Gasteiger partial charge in [-0.2, -0.15) is 0 Å². The van der Waals surface area contributed by atoms with Gasteiger partial charge in [-0.1, -0.05) is 20.8 Å². The molecule has 0 amide bonds. The molecule has 19 heavy (non-hydrogen) atoms. The van der Waals surface area contributed by atoms with Crippen LogP contribution in [0.15, 0.2) is 6.20 Å². The zero-order chi connectivity index (χ0) is 14.1. The number of rotatable bonds is 9. The first-order valence-electron chi connectivity index (χ1n) is 6.98. The number of hydrogen-bond donors (Lipinski definition) is 2. The SMILES string of the molecule is CCCNCc1nc(C(C)C)ncc1NCCOC. The summed E-state index contributed by atoms with van der Waals surface area (Å²) in [5.74, 6) is 1.24. The van der Waals surface area contributed by atoms with Crippen LogP contribution in [0.5, 0.6) is 0 Å².